The van der Waals surface area contributed by atoms with E-state index in [0.29, 0.717) is 18.5 Å². The topological polar surface area (TPSA) is 55.8 Å². The number of hydrogen-bond acceptors (Lipinski definition) is 3. The molecule has 0 bridgehead atoms. The predicted octanol–water partition coefficient (Wildman–Crippen LogP) is 2.17. The minimum Gasteiger partial charge on any atom is -0.394 e. The van der Waals surface area contributed by atoms with Crippen LogP contribution in [0.15, 0.2) is 24.3 Å². The molecule has 8 heteroatoms. The van der Waals surface area contributed by atoms with E-state index in [1.54, 1.807) is 13.0 Å². The van der Waals surface area contributed by atoms with Crippen molar-refractivity contribution in [3.63, 3.8) is 0 Å². The average molecular weight is 383 g/mol. The van der Waals surface area contributed by atoms with Gasteiger partial charge in [0.2, 0.25) is 0 Å². The molecule has 2 heterocycles. The molecule has 1 fully saturated rings. The number of nitrogens with zero attached hydrogens (tertiary/aromatic N) is 2. The van der Waals surface area contributed by atoms with Gasteiger partial charge in [-0.2, -0.15) is 0 Å². The highest BCUT2D eigenvalue weighted by Gasteiger charge is 2.43. The minimum atomic E-state index is -1.19. The molecule has 5 nitrogen and oxygen atoms in total. The molecule has 0 aromatic heterocycles. The lowest BCUT2D eigenvalue weighted by atomic mass is 10.00. The van der Waals surface area contributed by atoms with Crippen LogP contribution in [0.25, 0.3) is 5.57 Å². The van der Waals surface area contributed by atoms with Crippen molar-refractivity contribution < 1.29 is 23.1 Å². The number of benzene rings is 1. The van der Waals surface area contributed by atoms with Crippen LogP contribution >= 0.6 is 0 Å². The second kappa shape index (κ2) is 7.52. The largest absolute Gasteiger partial charge is 0.394 e. The molecule has 2 amide bonds. The van der Waals surface area contributed by atoms with Gasteiger partial charge in [-0.25, -0.2) is 18.0 Å². The van der Waals surface area contributed by atoms with E-state index in [1.165, 1.54) is 16.8 Å². The Labute approximate surface area is 156 Å². The van der Waals surface area contributed by atoms with E-state index in [-0.39, 0.29) is 18.7 Å². The maximum absolute atomic E-state index is 14.2. The van der Waals surface area contributed by atoms with E-state index in [4.69, 9.17) is 0 Å². The number of rotatable bonds is 3. The van der Waals surface area contributed by atoms with Gasteiger partial charge in [0.05, 0.1) is 18.2 Å². The quantitative estimate of drug-likeness (QED) is 0.841. The number of aliphatic hydroxyl groups is 1. The highest BCUT2D eigenvalue weighted by molar-refractivity contribution is 5.83. The summed E-state index contributed by atoms with van der Waals surface area (Å²) in [5.41, 5.74) is -0.622. The van der Waals surface area contributed by atoms with E-state index in [0.717, 1.165) is 18.2 Å². The number of piperidine rings is 1. The summed E-state index contributed by atoms with van der Waals surface area (Å²) in [6.07, 6.45) is 0.862. The SMILES string of the molecule is CN(C(=O)N1CC(c2cc(F)ccc2F)=C[C@@]1(C)CO)[C@H]1CCNC[C@@H]1F. The zero-order chi connectivity index (χ0) is 19.8. The number of carbonyl (C=O) groups excluding carboxylic acids is 1. The molecule has 3 atom stereocenters. The number of carbonyl (C=O) groups is 1. The molecule has 3 rings (SSSR count). The van der Waals surface area contributed by atoms with Gasteiger partial charge in [0.25, 0.3) is 0 Å². The molecule has 0 aliphatic carbocycles. The third kappa shape index (κ3) is 3.68. The predicted molar refractivity (Wildman–Crippen MR) is 95.9 cm³/mol. The van der Waals surface area contributed by atoms with Gasteiger partial charge in [-0.1, -0.05) is 6.08 Å². The number of nitrogens with one attached hydrogen (secondary N) is 1. The van der Waals surface area contributed by atoms with Crippen LogP contribution in [-0.4, -0.2) is 72.0 Å². The van der Waals surface area contributed by atoms with Crippen molar-refractivity contribution in [3.05, 3.63) is 41.5 Å². The monoisotopic (exact) mass is 383 g/mol. The number of urea groups is 1. The van der Waals surface area contributed by atoms with Crippen molar-refractivity contribution in [2.45, 2.75) is 31.1 Å². The fraction of sp³-hybridized carbons (Fsp3) is 0.526. The summed E-state index contributed by atoms with van der Waals surface area (Å²) in [6, 6.07) is 2.09. The Morgan fingerprint density at radius 1 is 1.44 bits per heavy atom. The number of aliphatic hydroxyl groups excluding tert-OH is 1. The van der Waals surface area contributed by atoms with E-state index < -0.39 is 42.0 Å². The highest BCUT2D eigenvalue weighted by atomic mass is 19.1. The van der Waals surface area contributed by atoms with Crippen LogP contribution in [0, 0.1) is 11.6 Å². The highest BCUT2D eigenvalue weighted by Crippen LogP contribution is 2.35. The summed E-state index contributed by atoms with van der Waals surface area (Å²) >= 11 is 0. The first-order chi connectivity index (χ1) is 12.8. The zero-order valence-corrected chi connectivity index (χ0v) is 15.4. The maximum atomic E-state index is 14.2. The molecule has 0 spiro atoms. The van der Waals surface area contributed by atoms with Crippen LogP contribution in [0.4, 0.5) is 18.0 Å². The summed E-state index contributed by atoms with van der Waals surface area (Å²) in [6.45, 7) is 2.04. The first kappa shape index (κ1) is 19.7. The van der Waals surface area contributed by atoms with Gasteiger partial charge in [-0.05, 0) is 43.7 Å². The lowest BCUT2D eigenvalue weighted by Gasteiger charge is -2.40. The van der Waals surface area contributed by atoms with E-state index in [2.05, 4.69) is 5.32 Å². The first-order valence-electron chi connectivity index (χ1n) is 8.94. The molecule has 2 aliphatic rings. The Morgan fingerprint density at radius 2 is 2.19 bits per heavy atom. The second-order valence-corrected chi connectivity index (χ2v) is 7.36. The molecule has 148 valence electrons. The van der Waals surface area contributed by atoms with Crippen molar-refractivity contribution in [2.75, 3.05) is 33.3 Å². The second-order valence-electron chi connectivity index (χ2n) is 7.36. The lowest BCUT2D eigenvalue weighted by Crippen LogP contribution is -2.58. The fourth-order valence-electron chi connectivity index (χ4n) is 3.75. The third-order valence-corrected chi connectivity index (χ3v) is 5.43. The van der Waals surface area contributed by atoms with Gasteiger partial charge >= 0.3 is 6.03 Å². The molecular formula is C19H24F3N3O2. The van der Waals surface area contributed by atoms with Gasteiger partial charge < -0.3 is 20.2 Å². The van der Waals surface area contributed by atoms with Gasteiger partial charge in [-0.15, -0.1) is 0 Å². The number of halogens is 3. The molecule has 1 aromatic carbocycles. The molecule has 0 saturated carbocycles. The molecule has 0 unspecified atom stereocenters. The molecule has 2 aliphatic heterocycles. The van der Waals surface area contributed by atoms with Crippen molar-refractivity contribution in [1.82, 2.24) is 15.1 Å². The molecular weight excluding hydrogens is 359 g/mol. The van der Waals surface area contributed by atoms with Crippen LogP contribution < -0.4 is 5.32 Å². The summed E-state index contributed by atoms with van der Waals surface area (Å²) < 4.78 is 42.0. The van der Waals surface area contributed by atoms with Crippen molar-refractivity contribution >= 4 is 11.6 Å². The van der Waals surface area contributed by atoms with Crippen LogP contribution in [0.1, 0.15) is 18.9 Å². The molecule has 1 aromatic rings. The van der Waals surface area contributed by atoms with Crippen LogP contribution in [0.5, 0.6) is 0 Å². The molecule has 1 saturated heterocycles. The zero-order valence-electron chi connectivity index (χ0n) is 15.4. The maximum Gasteiger partial charge on any atom is 0.321 e. The Kier molecular flexibility index (Phi) is 5.48. The van der Waals surface area contributed by atoms with Crippen LogP contribution in [-0.2, 0) is 0 Å². The Balaban J connectivity index is 1.86. The minimum absolute atomic E-state index is 0.00251. The van der Waals surface area contributed by atoms with E-state index in [9.17, 15) is 23.1 Å². The Hall–Kier alpha value is -2.06. The first-order valence-corrected chi connectivity index (χ1v) is 8.94. The summed E-state index contributed by atoms with van der Waals surface area (Å²) in [4.78, 5) is 15.8. The number of hydrogen-bond donors (Lipinski definition) is 2. The van der Waals surface area contributed by atoms with E-state index in [1.807, 2.05) is 0 Å². The molecule has 0 radical (unpaired) electrons. The van der Waals surface area contributed by atoms with Crippen LogP contribution in [0.3, 0.4) is 0 Å². The van der Waals surface area contributed by atoms with Gasteiger partial charge in [-0.3, -0.25) is 0 Å². The number of amides is 2. The van der Waals surface area contributed by atoms with Gasteiger partial charge in [0.15, 0.2) is 0 Å². The number of alkyl halides is 1. The summed E-state index contributed by atoms with van der Waals surface area (Å²) in [7, 11) is 1.53. The standard InChI is InChI=1S/C19H24F3N3O2/c1-19(11-26)8-12(14-7-13(20)3-4-15(14)21)10-25(19)18(27)24(2)17-5-6-23-9-16(17)22/h3-4,7-8,16-17,23,26H,5-6,9-11H2,1-2H3/t16-,17-,19-/m0/s1. The Bertz CT molecular complexity index is 758. The van der Waals surface area contributed by atoms with Crippen LogP contribution in [0.2, 0.25) is 0 Å². The van der Waals surface area contributed by atoms with Crippen molar-refractivity contribution in [3.8, 4) is 0 Å². The molecule has 27 heavy (non-hydrogen) atoms. The summed E-state index contributed by atoms with van der Waals surface area (Å²) in [5, 5.41) is 12.8. The average Bonchev–Trinajstić information content (AvgIpc) is 3.01. The summed E-state index contributed by atoms with van der Waals surface area (Å²) in [5.74, 6) is -1.19. The Morgan fingerprint density at radius 3 is 2.85 bits per heavy atom. The normalized spacial score (nSPS) is 28.2. The van der Waals surface area contributed by atoms with Crippen molar-refractivity contribution in [1.29, 1.82) is 0 Å². The molecule has 2 N–H and O–H groups in total. The van der Waals surface area contributed by atoms with Gasteiger partial charge in [0.1, 0.15) is 17.8 Å². The van der Waals surface area contributed by atoms with Crippen molar-refractivity contribution in [2.24, 2.45) is 0 Å². The fourth-order valence-corrected chi connectivity index (χ4v) is 3.75. The smallest absolute Gasteiger partial charge is 0.321 e. The van der Waals surface area contributed by atoms with E-state index >= 15 is 0 Å². The van der Waals surface area contributed by atoms with Gasteiger partial charge in [0, 0.05) is 25.7 Å². The third-order valence-electron chi connectivity index (χ3n) is 5.43. The lowest BCUT2D eigenvalue weighted by molar-refractivity contribution is 0.0671.